The average molecular weight is 282 g/mol. The van der Waals surface area contributed by atoms with Crippen LogP contribution >= 0.6 is 11.6 Å². The van der Waals surface area contributed by atoms with Crippen molar-refractivity contribution in [3.8, 4) is 11.5 Å². The van der Waals surface area contributed by atoms with E-state index in [4.69, 9.17) is 21.1 Å². The Kier molecular flexibility index (Phi) is 4.16. The summed E-state index contributed by atoms with van der Waals surface area (Å²) in [5.41, 5.74) is 1.87. The van der Waals surface area contributed by atoms with Crippen molar-refractivity contribution in [1.29, 1.82) is 0 Å². The first-order valence-electron chi connectivity index (χ1n) is 5.77. The predicted molar refractivity (Wildman–Crippen MR) is 75.1 cm³/mol. The molecule has 0 aliphatic heterocycles. The molecule has 0 radical (unpaired) electrons. The van der Waals surface area contributed by atoms with Crippen LogP contribution in [0, 0.1) is 0 Å². The van der Waals surface area contributed by atoms with E-state index >= 15 is 0 Å². The van der Waals surface area contributed by atoms with E-state index in [0.29, 0.717) is 23.1 Å². The molecule has 6 heteroatoms. The molecule has 1 N–H and O–H groups in total. The Morgan fingerprint density at radius 2 is 1.95 bits per heavy atom. The first-order chi connectivity index (χ1) is 9.13. The molecular weight excluding hydrogens is 266 g/mol. The summed E-state index contributed by atoms with van der Waals surface area (Å²) in [6.07, 6.45) is 3.75. The van der Waals surface area contributed by atoms with Crippen molar-refractivity contribution in [1.82, 2.24) is 9.78 Å². The highest BCUT2D eigenvalue weighted by molar-refractivity contribution is 6.33. The number of hydrogen-bond acceptors (Lipinski definition) is 4. The number of benzene rings is 1. The molecule has 0 fully saturated rings. The molecule has 1 heterocycles. The standard InChI is InChI=1S/C13H16ClN3O2/c1-17-8-9(7-16-17)6-15-11-5-13(19-3)12(18-2)4-10(11)14/h4-5,7-8,15H,6H2,1-3H3. The van der Waals surface area contributed by atoms with Crippen LogP contribution in [0.1, 0.15) is 5.56 Å². The molecule has 0 bridgehead atoms. The van der Waals surface area contributed by atoms with Crippen LogP contribution in [0.3, 0.4) is 0 Å². The molecule has 0 amide bonds. The summed E-state index contributed by atoms with van der Waals surface area (Å²) in [6, 6.07) is 3.55. The SMILES string of the molecule is COc1cc(Cl)c(NCc2cnn(C)c2)cc1OC. The second-order valence-electron chi connectivity index (χ2n) is 4.06. The third-order valence-corrected chi connectivity index (χ3v) is 3.03. The van der Waals surface area contributed by atoms with E-state index in [-0.39, 0.29) is 0 Å². The quantitative estimate of drug-likeness (QED) is 0.915. The van der Waals surface area contributed by atoms with E-state index in [2.05, 4.69) is 10.4 Å². The number of halogens is 1. The lowest BCUT2D eigenvalue weighted by Crippen LogP contribution is -2.00. The maximum atomic E-state index is 6.19. The number of ether oxygens (including phenoxy) is 2. The normalized spacial score (nSPS) is 10.3. The van der Waals surface area contributed by atoms with Gasteiger partial charge in [0.25, 0.3) is 0 Å². The minimum Gasteiger partial charge on any atom is -0.493 e. The molecule has 0 saturated carbocycles. The third kappa shape index (κ3) is 3.12. The van der Waals surface area contributed by atoms with Crippen molar-refractivity contribution >= 4 is 17.3 Å². The van der Waals surface area contributed by atoms with Gasteiger partial charge in [0.1, 0.15) is 0 Å². The number of rotatable bonds is 5. The fraction of sp³-hybridized carbons (Fsp3) is 0.308. The fourth-order valence-electron chi connectivity index (χ4n) is 1.75. The molecule has 1 aromatic carbocycles. The van der Waals surface area contributed by atoms with Crippen LogP contribution in [0.25, 0.3) is 0 Å². The minimum atomic E-state index is 0.585. The largest absolute Gasteiger partial charge is 0.493 e. The summed E-state index contributed by atoms with van der Waals surface area (Å²) in [5.74, 6) is 1.25. The van der Waals surface area contributed by atoms with E-state index < -0.39 is 0 Å². The summed E-state index contributed by atoms with van der Waals surface area (Å²) in [7, 11) is 5.06. The fourth-order valence-corrected chi connectivity index (χ4v) is 1.97. The topological polar surface area (TPSA) is 48.3 Å². The molecule has 0 aliphatic carbocycles. The zero-order valence-corrected chi connectivity index (χ0v) is 11.9. The predicted octanol–water partition coefficient (Wildman–Crippen LogP) is 2.70. The van der Waals surface area contributed by atoms with E-state index in [9.17, 15) is 0 Å². The Labute approximate surface area is 117 Å². The number of hydrogen-bond donors (Lipinski definition) is 1. The lowest BCUT2D eigenvalue weighted by Gasteiger charge is -2.12. The van der Waals surface area contributed by atoms with Crippen LogP contribution in [0.4, 0.5) is 5.69 Å². The molecular formula is C13H16ClN3O2. The Balaban J connectivity index is 2.15. The van der Waals surface area contributed by atoms with Gasteiger partial charge < -0.3 is 14.8 Å². The van der Waals surface area contributed by atoms with Gasteiger partial charge in [0, 0.05) is 37.5 Å². The van der Waals surface area contributed by atoms with E-state index in [1.54, 1.807) is 25.0 Å². The molecule has 0 atom stereocenters. The Morgan fingerprint density at radius 3 is 2.53 bits per heavy atom. The lowest BCUT2D eigenvalue weighted by atomic mass is 10.2. The third-order valence-electron chi connectivity index (χ3n) is 2.71. The number of anilines is 1. The molecule has 0 aliphatic rings. The highest BCUT2D eigenvalue weighted by atomic mass is 35.5. The van der Waals surface area contributed by atoms with Gasteiger partial charge in [-0.3, -0.25) is 4.68 Å². The van der Waals surface area contributed by atoms with E-state index in [1.165, 1.54) is 0 Å². The van der Waals surface area contributed by atoms with Gasteiger partial charge in [0.05, 0.1) is 31.1 Å². The lowest BCUT2D eigenvalue weighted by molar-refractivity contribution is 0.355. The Hall–Kier alpha value is -1.88. The van der Waals surface area contributed by atoms with Crippen molar-refractivity contribution in [2.24, 2.45) is 7.05 Å². The highest BCUT2D eigenvalue weighted by Crippen LogP contribution is 2.36. The number of nitrogens with zero attached hydrogens (tertiary/aromatic N) is 2. The van der Waals surface area contributed by atoms with Crippen LogP contribution < -0.4 is 14.8 Å². The van der Waals surface area contributed by atoms with Crippen molar-refractivity contribution in [2.45, 2.75) is 6.54 Å². The number of nitrogens with one attached hydrogen (secondary N) is 1. The van der Waals surface area contributed by atoms with Crippen LogP contribution in [-0.4, -0.2) is 24.0 Å². The molecule has 19 heavy (non-hydrogen) atoms. The smallest absolute Gasteiger partial charge is 0.162 e. The van der Waals surface area contributed by atoms with Gasteiger partial charge in [-0.05, 0) is 0 Å². The van der Waals surface area contributed by atoms with Crippen molar-refractivity contribution < 1.29 is 9.47 Å². The van der Waals surface area contributed by atoms with Crippen LogP contribution in [0.15, 0.2) is 24.5 Å². The van der Waals surface area contributed by atoms with E-state index in [0.717, 1.165) is 11.3 Å². The zero-order valence-electron chi connectivity index (χ0n) is 11.1. The minimum absolute atomic E-state index is 0.585. The molecule has 102 valence electrons. The molecule has 0 unspecified atom stereocenters. The first-order valence-corrected chi connectivity index (χ1v) is 6.14. The van der Waals surface area contributed by atoms with Crippen molar-refractivity contribution in [3.05, 3.63) is 35.1 Å². The molecule has 2 rings (SSSR count). The van der Waals surface area contributed by atoms with Gasteiger partial charge in [-0.15, -0.1) is 0 Å². The van der Waals surface area contributed by atoms with Gasteiger partial charge in [0.2, 0.25) is 0 Å². The van der Waals surface area contributed by atoms with Gasteiger partial charge >= 0.3 is 0 Å². The summed E-state index contributed by atoms with van der Waals surface area (Å²) in [6.45, 7) is 0.642. The molecule has 1 aromatic heterocycles. The summed E-state index contributed by atoms with van der Waals surface area (Å²) >= 11 is 6.19. The second kappa shape index (κ2) is 5.84. The van der Waals surface area contributed by atoms with Gasteiger partial charge in [-0.1, -0.05) is 11.6 Å². The highest BCUT2D eigenvalue weighted by Gasteiger charge is 2.09. The van der Waals surface area contributed by atoms with Gasteiger partial charge in [-0.25, -0.2) is 0 Å². The Morgan fingerprint density at radius 1 is 1.26 bits per heavy atom. The first kappa shape index (κ1) is 13.5. The monoisotopic (exact) mass is 281 g/mol. The molecule has 0 spiro atoms. The van der Waals surface area contributed by atoms with E-state index in [1.807, 2.05) is 25.5 Å². The van der Waals surface area contributed by atoms with Crippen LogP contribution in [-0.2, 0) is 13.6 Å². The summed E-state index contributed by atoms with van der Waals surface area (Å²) < 4.78 is 12.2. The van der Waals surface area contributed by atoms with Crippen molar-refractivity contribution in [2.75, 3.05) is 19.5 Å². The maximum Gasteiger partial charge on any atom is 0.162 e. The number of methoxy groups -OCH3 is 2. The number of aryl methyl sites for hydroxylation is 1. The van der Waals surface area contributed by atoms with Crippen LogP contribution in [0.2, 0.25) is 5.02 Å². The summed E-state index contributed by atoms with van der Waals surface area (Å²) in [4.78, 5) is 0. The maximum absolute atomic E-state index is 6.19. The van der Waals surface area contributed by atoms with Gasteiger partial charge in [0.15, 0.2) is 11.5 Å². The Bertz CT molecular complexity index is 569. The molecule has 2 aromatic rings. The summed E-state index contributed by atoms with van der Waals surface area (Å²) in [5, 5.41) is 7.94. The zero-order chi connectivity index (χ0) is 13.8. The van der Waals surface area contributed by atoms with Crippen LogP contribution in [0.5, 0.6) is 11.5 Å². The van der Waals surface area contributed by atoms with Crippen molar-refractivity contribution in [3.63, 3.8) is 0 Å². The van der Waals surface area contributed by atoms with Gasteiger partial charge in [-0.2, -0.15) is 5.10 Å². The average Bonchev–Trinajstić information content (AvgIpc) is 2.82. The molecule has 0 saturated heterocycles. The second-order valence-corrected chi connectivity index (χ2v) is 4.47. The molecule has 5 nitrogen and oxygen atoms in total. The number of aromatic nitrogens is 2.